The van der Waals surface area contributed by atoms with Gasteiger partial charge in [0, 0.05) is 24.1 Å². The van der Waals surface area contributed by atoms with Gasteiger partial charge in [-0.15, -0.1) is 0 Å². The van der Waals surface area contributed by atoms with Crippen molar-refractivity contribution < 1.29 is 9.53 Å². The van der Waals surface area contributed by atoms with E-state index in [0.29, 0.717) is 6.61 Å². The minimum absolute atomic E-state index is 0.0214. The van der Waals surface area contributed by atoms with Crippen LogP contribution in [0, 0.1) is 6.92 Å². The Bertz CT molecular complexity index is 788. The zero-order valence-electron chi connectivity index (χ0n) is 14.5. The molecule has 0 aliphatic carbocycles. The van der Waals surface area contributed by atoms with Crippen molar-refractivity contribution in [3.05, 3.63) is 41.5 Å². The van der Waals surface area contributed by atoms with E-state index in [9.17, 15) is 4.79 Å². The number of hydrogen-bond acceptors (Lipinski definition) is 4. The molecule has 0 radical (unpaired) electrons. The Morgan fingerprint density at radius 1 is 1.40 bits per heavy atom. The molecule has 7 heteroatoms. The third-order valence-electron chi connectivity index (χ3n) is 4.99. The fraction of sp³-hybridized carbons (Fsp3) is 0.500. The van der Waals surface area contributed by atoms with Crippen LogP contribution in [0.2, 0.25) is 0 Å². The number of carbonyl (C=O) groups excluding carboxylic acids is 1. The lowest BCUT2D eigenvalue weighted by Crippen LogP contribution is -2.46. The van der Waals surface area contributed by atoms with Gasteiger partial charge in [0.15, 0.2) is 0 Å². The largest absolute Gasteiger partial charge is 0.493 e. The van der Waals surface area contributed by atoms with Crippen molar-refractivity contribution in [1.29, 1.82) is 0 Å². The number of amides is 2. The number of para-hydroxylation sites is 1. The number of ether oxygens (including phenoxy) is 1. The van der Waals surface area contributed by atoms with Crippen LogP contribution < -0.4 is 15.4 Å². The molecule has 2 aromatic rings. The van der Waals surface area contributed by atoms with E-state index in [2.05, 4.69) is 26.8 Å². The van der Waals surface area contributed by atoms with E-state index in [4.69, 9.17) is 4.74 Å². The number of fused-ring (bicyclic) bond motifs is 2. The van der Waals surface area contributed by atoms with E-state index in [1.165, 1.54) is 0 Å². The molecule has 2 N–H and O–H groups in total. The van der Waals surface area contributed by atoms with Crippen LogP contribution in [0.15, 0.2) is 24.3 Å². The molecule has 1 aromatic heterocycles. The second-order valence-electron chi connectivity index (χ2n) is 6.80. The highest BCUT2D eigenvalue weighted by Crippen LogP contribution is 2.35. The number of aromatic nitrogens is 3. The van der Waals surface area contributed by atoms with E-state index in [0.717, 1.165) is 42.3 Å². The number of rotatable bonds is 3. The van der Waals surface area contributed by atoms with Crippen molar-refractivity contribution in [1.82, 2.24) is 25.4 Å². The molecule has 0 spiro atoms. The van der Waals surface area contributed by atoms with Crippen molar-refractivity contribution in [2.75, 3.05) is 6.61 Å². The molecule has 0 bridgehead atoms. The van der Waals surface area contributed by atoms with Crippen molar-refractivity contribution >= 4 is 6.03 Å². The van der Waals surface area contributed by atoms with E-state index in [1.807, 2.05) is 36.7 Å². The quantitative estimate of drug-likeness (QED) is 0.897. The van der Waals surface area contributed by atoms with Crippen molar-refractivity contribution in [3.8, 4) is 5.75 Å². The Morgan fingerprint density at radius 2 is 2.24 bits per heavy atom. The molecule has 7 nitrogen and oxygen atoms in total. The summed E-state index contributed by atoms with van der Waals surface area (Å²) in [5.74, 6) is 2.68. The van der Waals surface area contributed by atoms with Gasteiger partial charge in [0.25, 0.3) is 0 Å². The summed E-state index contributed by atoms with van der Waals surface area (Å²) < 4.78 is 7.62. The van der Waals surface area contributed by atoms with Crippen LogP contribution in [0.5, 0.6) is 5.75 Å². The molecule has 0 saturated carbocycles. The smallest absolute Gasteiger partial charge is 0.315 e. The van der Waals surface area contributed by atoms with Gasteiger partial charge in [0.2, 0.25) is 0 Å². The second kappa shape index (κ2) is 6.38. The lowest BCUT2D eigenvalue weighted by molar-refractivity contribution is 0.225. The summed E-state index contributed by atoms with van der Waals surface area (Å²) in [6, 6.07) is 7.73. The van der Waals surface area contributed by atoms with Gasteiger partial charge in [-0.05, 0) is 32.8 Å². The van der Waals surface area contributed by atoms with Crippen molar-refractivity contribution in [2.45, 2.75) is 51.2 Å². The molecule has 132 valence electrons. The molecule has 25 heavy (non-hydrogen) atoms. The second-order valence-corrected chi connectivity index (χ2v) is 6.80. The molecule has 0 fully saturated rings. The summed E-state index contributed by atoms with van der Waals surface area (Å²) in [5.41, 5.74) is 1.16. The van der Waals surface area contributed by atoms with Gasteiger partial charge in [-0.1, -0.05) is 18.2 Å². The highest BCUT2D eigenvalue weighted by molar-refractivity contribution is 5.74. The minimum atomic E-state index is -0.170. The van der Waals surface area contributed by atoms with Crippen LogP contribution in [0.1, 0.15) is 48.9 Å². The third-order valence-corrected chi connectivity index (χ3v) is 4.99. The molecular weight excluding hydrogens is 318 g/mol. The lowest BCUT2D eigenvalue weighted by Gasteiger charge is -2.25. The standard InChI is InChI=1S/C18H23N5O2/c1-11(14-10-25-16-8-4-3-6-13(14)16)19-18(24)21-15-7-5-9-23-17(15)20-12(2)22-23/h3-4,6,8,11,14-15H,5,7,9-10H2,1-2H3,(H2,19,21,24)/t11-,14-,15+/m1/s1. The maximum Gasteiger partial charge on any atom is 0.315 e. The zero-order chi connectivity index (χ0) is 17.4. The highest BCUT2D eigenvalue weighted by atomic mass is 16.5. The first-order valence-electron chi connectivity index (χ1n) is 8.82. The van der Waals surface area contributed by atoms with Gasteiger partial charge in [-0.25, -0.2) is 14.5 Å². The predicted molar refractivity (Wildman–Crippen MR) is 92.5 cm³/mol. The molecule has 0 unspecified atom stereocenters. The Balaban J connectivity index is 1.40. The average Bonchev–Trinajstić information content (AvgIpc) is 3.18. The molecule has 0 saturated heterocycles. The van der Waals surface area contributed by atoms with Gasteiger partial charge < -0.3 is 15.4 Å². The molecule has 2 aliphatic rings. The van der Waals surface area contributed by atoms with E-state index >= 15 is 0 Å². The summed E-state index contributed by atoms with van der Waals surface area (Å²) in [5, 5.41) is 10.5. The summed E-state index contributed by atoms with van der Waals surface area (Å²) in [6.07, 6.45) is 1.87. The third kappa shape index (κ3) is 3.06. The number of benzene rings is 1. The van der Waals surface area contributed by atoms with E-state index in [1.54, 1.807) is 0 Å². The van der Waals surface area contributed by atoms with E-state index in [-0.39, 0.29) is 24.0 Å². The minimum Gasteiger partial charge on any atom is -0.493 e. The number of hydrogen-bond donors (Lipinski definition) is 2. The van der Waals surface area contributed by atoms with Gasteiger partial charge in [-0.2, -0.15) is 5.10 Å². The first-order chi connectivity index (χ1) is 12.1. The summed E-state index contributed by atoms with van der Waals surface area (Å²) in [4.78, 5) is 16.9. The molecule has 2 amide bonds. The zero-order valence-corrected chi connectivity index (χ0v) is 14.5. The van der Waals surface area contributed by atoms with Gasteiger partial charge in [0.05, 0.1) is 12.6 Å². The lowest BCUT2D eigenvalue weighted by atomic mass is 9.94. The van der Waals surface area contributed by atoms with Crippen LogP contribution >= 0.6 is 0 Å². The molecular formula is C18H23N5O2. The molecule has 4 rings (SSSR count). The van der Waals surface area contributed by atoms with Crippen LogP contribution in [-0.4, -0.2) is 33.4 Å². The van der Waals surface area contributed by atoms with Gasteiger partial charge in [-0.3, -0.25) is 0 Å². The number of nitrogens with zero attached hydrogens (tertiary/aromatic N) is 3. The Kier molecular flexibility index (Phi) is 4.07. The van der Waals surface area contributed by atoms with Gasteiger partial charge >= 0.3 is 6.03 Å². The van der Waals surface area contributed by atoms with E-state index < -0.39 is 0 Å². The SMILES string of the molecule is Cc1nc2n(n1)CCC[C@@H]2NC(=O)N[C@H](C)[C@H]1COc2ccccc21. The Morgan fingerprint density at radius 3 is 3.12 bits per heavy atom. The van der Waals surface area contributed by atoms with Crippen molar-refractivity contribution in [2.24, 2.45) is 0 Å². The first kappa shape index (κ1) is 15.9. The fourth-order valence-electron chi connectivity index (χ4n) is 3.71. The number of aryl methyl sites for hydroxylation is 2. The molecule has 1 aromatic carbocycles. The van der Waals surface area contributed by atoms with Crippen LogP contribution in [0.3, 0.4) is 0 Å². The van der Waals surface area contributed by atoms with Crippen LogP contribution in [0.25, 0.3) is 0 Å². The predicted octanol–water partition coefficient (Wildman–Crippen LogP) is 2.29. The highest BCUT2D eigenvalue weighted by Gasteiger charge is 2.31. The normalized spacial score (nSPS) is 22.5. The summed E-state index contributed by atoms with van der Waals surface area (Å²) in [6.45, 7) is 5.35. The van der Waals surface area contributed by atoms with Crippen LogP contribution in [0.4, 0.5) is 4.79 Å². The molecule has 2 aliphatic heterocycles. The summed E-state index contributed by atoms with van der Waals surface area (Å²) in [7, 11) is 0. The number of carbonyl (C=O) groups is 1. The summed E-state index contributed by atoms with van der Waals surface area (Å²) >= 11 is 0. The first-order valence-corrected chi connectivity index (χ1v) is 8.82. The topological polar surface area (TPSA) is 81.1 Å². The van der Waals surface area contributed by atoms with Crippen LogP contribution in [-0.2, 0) is 6.54 Å². The Labute approximate surface area is 146 Å². The maximum absolute atomic E-state index is 12.5. The fourth-order valence-corrected chi connectivity index (χ4v) is 3.71. The number of urea groups is 1. The van der Waals surface area contributed by atoms with Gasteiger partial charge in [0.1, 0.15) is 17.4 Å². The number of nitrogens with one attached hydrogen (secondary N) is 2. The molecule has 3 heterocycles. The Hall–Kier alpha value is -2.57. The van der Waals surface area contributed by atoms with Crippen molar-refractivity contribution in [3.63, 3.8) is 0 Å². The average molecular weight is 341 g/mol. The maximum atomic E-state index is 12.5. The molecule has 3 atom stereocenters. The monoisotopic (exact) mass is 341 g/mol.